The van der Waals surface area contributed by atoms with Crippen molar-refractivity contribution in [2.75, 3.05) is 5.32 Å². The summed E-state index contributed by atoms with van der Waals surface area (Å²) in [5.74, 6) is 0.946. The van der Waals surface area contributed by atoms with Crippen LogP contribution < -0.4 is 10.9 Å². The predicted molar refractivity (Wildman–Crippen MR) is 99.1 cm³/mol. The molecule has 1 N–H and O–H groups in total. The minimum absolute atomic E-state index is 0.0711. The number of hydrogen-bond acceptors (Lipinski definition) is 4. The van der Waals surface area contributed by atoms with Crippen LogP contribution in [0.25, 0.3) is 10.9 Å². The summed E-state index contributed by atoms with van der Waals surface area (Å²) in [5.41, 5.74) is 0.443. The van der Waals surface area contributed by atoms with E-state index in [1.165, 1.54) is 17.4 Å². The van der Waals surface area contributed by atoms with Gasteiger partial charge < -0.3 is 5.32 Å². The van der Waals surface area contributed by atoms with Crippen LogP contribution in [0.2, 0.25) is 0 Å². The van der Waals surface area contributed by atoms with E-state index in [1.54, 1.807) is 37.4 Å². The fraction of sp³-hybridized carbons (Fsp3) is 0.368. The van der Waals surface area contributed by atoms with Crippen LogP contribution in [-0.4, -0.2) is 25.2 Å². The second-order valence-electron chi connectivity index (χ2n) is 6.71. The van der Waals surface area contributed by atoms with Crippen molar-refractivity contribution in [2.45, 2.75) is 45.2 Å². The Morgan fingerprint density at radius 1 is 1.23 bits per heavy atom. The molecule has 3 aromatic rings. The Kier molecular flexibility index (Phi) is 4.28. The molecule has 1 aromatic carbocycles. The van der Waals surface area contributed by atoms with E-state index >= 15 is 0 Å². The Labute approximate surface area is 150 Å². The summed E-state index contributed by atoms with van der Waals surface area (Å²) in [6.07, 6.45) is 6.24. The van der Waals surface area contributed by atoms with Gasteiger partial charge in [0.2, 0.25) is 5.91 Å². The lowest BCUT2D eigenvalue weighted by molar-refractivity contribution is -0.116. The summed E-state index contributed by atoms with van der Waals surface area (Å²) in [6.45, 7) is 1.67. The van der Waals surface area contributed by atoms with Crippen LogP contribution in [0.15, 0.2) is 41.3 Å². The smallest absolute Gasteiger partial charge is 0.261 e. The Morgan fingerprint density at radius 2 is 2.00 bits per heavy atom. The second-order valence-corrected chi connectivity index (χ2v) is 6.71. The Bertz CT molecular complexity index is 1010. The maximum Gasteiger partial charge on any atom is 0.261 e. The van der Waals surface area contributed by atoms with Crippen LogP contribution >= 0.6 is 0 Å². The van der Waals surface area contributed by atoms with Gasteiger partial charge in [-0.05, 0) is 31.9 Å². The third-order valence-electron chi connectivity index (χ3n) is 4.96. The van der Waals surface area contributed by atoms with E-state index < -0.39 is 0 Å². The maximum absolute atomic E-state index is 12.7. The molecule has 1 amide bonds. The van der Waals surface area contributed by atoms with Gasteiger partial charge in [0.1, 0.15) is 18.2 Å². The van der Waals surface area contributed by atoms with Crippen molar-refractivity contribution in [1.82, 2.24) is 19.3 Å². The lowest BCUT2D eigenvalue weighted by Gasteiger charge is -2.15. The molecule has 2 aromatic heterocycles. The van der Waals surface area contributed by atoms with Crippen LogP contribution in [0.3, 0.4) is 0 Å². The van der Waals surface area contributed by atoms with E-state index in [1.807, 2.05) is 10.7 Å². The number of carbonyl (C=O) groups is 1. The number of benzene rings is 1. The highest BCUT2D eigenvalue weighted by atomic mass is 16.2. The molecule has 1 aliphatic rings. The van der Waals surface area contributed by atoms with Gasteiger partial charge in [-0.3, -0.25) is 14.2 Å². The van der Waals surface area contributed by atoms with Crippen LogP contribution in [-0.2, 0) is 11.3 Å². The van der Waals surface area contributed by atoms with Crippen LogP contribution in [0, 0.1) is 6.92 Å². The highest BCUT2D eigenvalue weighted by Gasteiger charge is 2.21. The number of para-hydroxylation sites is 1. The molecule has 7 heteroatoms. The number of nitrogens with one attached hydrogen (secondary N) is 1. The zero-order valence-electron chi connectivity index (χ0n) is 14.7. The molecule has 26 heavy (non-hydrogen) atoms. The molecule has 0 aliphatic heterocycles. The topological polar surface area (TPSA) is 81.8 Å². The van der Waals surface area contributed by atoms with Gasteiger partial charge in [-0.25, -0.2) is 9.67 Å². The van der Waals surface area contributed by atoms with E-state index in [0.717, 1.165) is 12.8 Å². The third kappa shape index (κ3) is 3.00. The van der Waals surface area contributed by atoms with Crippen molar-refractivity contribution in [3.8, 4) is 0 Å². The highest BCUT2D eigenvalue weighted by molar-refractivity contribution is 5.90. The minimum atomic E-state index is -0.257. The van der Waals surface area contributed by atoms with Crippen molar-refractivity contribution in [2.24, 2.45) is 0 Å². The standard InChI is InChI=1S/C19H21N5O2/c1-13-21-16-9-5-4-8-15(16)19(26)23(13)12-18(25)22-17-10-11-20-24(17)14-6-2-3-7-14/h4-5,8-11,14H,2-3,6-7,12H2,1H3,(H,22,25). The fourth-order valence-corrected chi connectivity index (χ4v) is 3.64. The van der Waals surface area contributed by atoms with Crippen LogP contribution in [0.4, 0.5) is 5.82 Å². The molecular formula is C19H21N5O2. The van der Waals surface area contributed by atoms with Gasteiger partial charge in [0.25, 0.3) is 5.56 Å². The van der Waals surface area contributed by atoms with Crippen molar-refractivity contribution >= 4 is 22.6 Å². The Balaban J connectivity index is 1.57. The first kappa shape index (κ1) is 16.5. The lowest BCUT2D eigenvalue weighted by Crippen LogP contribution is -2.30. The normalized spacial score (nSPS) is 14.8. The number of amides is 1. The van der Waals surface area contributed by atoms with E-state index in [9.17, 15) is 9.59 Å². The first-order chi connectivity index (χ1) is 12.6. The number of aryl methyl sites for hydroxylation is 1. The van der Waals surface area contributed by atoms with E-state index in [2.05, 4.69) is 15.4 Å². The molecule has 2 heterocycles. The predicted octanol–water partition coefficient (Wildman–Crippen LogP) is 2.66. The van der Waals surface area contributed by atoms with Crippen LogP contribution in [0.1, 0.15) is 37.5 Å². The molecule has 1 aliphatic carbocycles. The number of hydrogen-bond donors (Lipinski definition) is 1. The highest BCUT2D eigenvalue weighted by Crippen LogP contribution is 2.31. The first-order valence-electron chi connectivity index (χ1n) is 8.93. The number of anilines is 1. The van der Waals surface area contributed by atoms with Crippen molar-refractivity contribution < 1.29 is 4.79 Å². The average molecular weight is 351 g/mol. The molecule has 7 nitrogen and oxygen atoms in total. The SMILES string of the molecule is Cc1nc2ccccc2c(=O)n1CC(=O)Nc1ccnn1C1CCCC1. The quantitative estimate of drug-likeness (QED) is 0.783. The number of nitrogens with zero attached hydrogens (tertiary/aromatic N) is 4. The molecule has 1 saturated carbocycles. The summed E-state index contributed by atoms with van der Waals surface area (Å²) < 4.78 is 3.30. The zero-order chi connectivity index (χ0) is 18.1. The van der Waals surface area contributed by atoms with E-state index in [-0.39, 0.29) is 18.0 Å². The number of rotatable bonds is 4. The summed E-state index contributed by atoms with van der Waals surface area (Å²) in [4.78, 5) is 29.7. The van der Waals surface area contributed by atoms with E-state index in [0.29, 0.717) is 28.6 Å². The summed E-state index contributed by atoms with van der Waals surface area (Å²) >= 11 is 0. The summed E-state index contributed by atoms with van der Waals surface area (Å²) in [5, 5.41) is 7.76. The molecule has 1 fully saturated rings. The molecular weight excluding hydrogens is 330 g/mol. The second kappa shape index (κ2) is 6.74. The maximum atomic E-state index is 12.7. The van der Waals surface area contributed by atoms with Gasteiger partial charge >= 0.3 is 0 Å². The Morgan fingerprint density at radius 3 is 2.81 bits per heavy atom. The van der Waals surface area contributed by atoms with Gasteiger partial charge in [0, 0.05) is 6.07 Å². The lowest BCUT2D eigenvalue weighted by atomic mass is 10.2. The molecule has 134 valence electrons. The van der Waals surface area contributed by atoms with Gasteiger partial charge in [-0.1, -0.05) is 25.0 Å². The number of carbonyl (C=O) groups excluding carboxylic acids is 1. The Hall–Kier alpha value is -2.96. The van der Waals surface area contributed by atoms with Crippen molar-refractivity contribution in [1.29, 1.82) is 0 Å². The molecule has 0 spiro atoms. The molecule has 0 radical (unpaired) electrons. The largest absolute Gasteiger partial charge is 0.309 e. The summed E-state index contributed by atoms with van der Waals surface area (Å²) in [7, 11) is 0. The van der Waals surface area contributed by atoms with E-state index in [4.69, 9.17) is 0 Å². The van der Waals surface area contributed by atoms with Gasteiger partial charge in [0.15, 0.2) is 0 Å². The van der Waals surface area contributed by atoms with Crippen LogP contribution in [0.5, 0.6) is 0 Å². The molecule has 0 unspecified atom stereocenters. The van der Waals surface area contributed by atoms with Crippen molar-refractivity contribution in [3.05, 3.63) is 52.7 Å². The number of aromatic nitrogens is 4. The fourth-order valence-electron chi connectivity index (χ4n) is 3.64. The van der Waals surface area contributed by atoms with Gasteiger partial charge in [-0.2, -0.15) is 5.10 Å². The molecule has 0 bridgehead atoms. The number of fused-ring (bicyclic) bond motifs is 1. The molecule has 0 atom stereocenters. The minimum Gasteiger partial charge on any atom is -0.309 e. The van der Waals surface area contributed by atoms with Gasteiger partial charge in [-0.15, -0.1) is 0 Å². The van der Waals surface area contributed by atoms with Crippen molar-refractivity contribution in [3.63, 3.8) is 0 Å². The zero-order valence-corrected chi connectivity index (χ0v) is 14.7. The monoisotopic (exact) mass is 351 g/mol. The average Bonchev–Trinajstić information content (AvgIpc) is 3.30. The molecule has 4 rings (SSSR count). The summed E-state index contributed by atoms with van der Waals surface area (Å²) in [6, 6.07) is 9.31. The van der Waals surface area contributed by atoms with Gasteiger partial charge in [0.05, 0.1) is 23.1 Å². The molecule has 0 saturated heterocycles. The third-order valence-corrected chi connectivity index (χ3v) is 4.96. The first-order valence-corrected chi connectivity index (χ1v) is 8.93.